The van der Waals surface area contributed by atoms with Gasteiger partial charge in [-0.3, -0.25) is 4.72 Å². The van der Waals surface area contributed by atoms with E-state index in [9.17, 15) is 13.2 Å². The lowest BCUT2D eigenvalue weighted by atomic mass is 9.48. The molecule has 4 aliphatic carbocycles. The fourth-order valence-corrected chi connectivity index (χ4v) is 6.62. The summed E-state index contributed by atoms with van der Waals surface area (Å²) in [5.74, 6) is 2.58. The van der Waals surface area contributed by atoms with Crippen molar-refractivity contribution in [3.8, 4) is 0 Å². The van der Waals surface area contributed by atoms with Crippen LogP contribution >= 0.6 is 0 Å². The smallest absolute Gasteiger partial charge is 0.319 e. The van der Waals surface area contributed by atoms with E-state index in [0.29, 0.717) is 11.4 Å². The van der Waals surface area contributed by atoms with E-state index in [-0.39, 0.29) is 17.5 Å². The molecule has 7 heteroatoms. The van der Waals surface area contributed by atoms with Gasteiger partial charge in [-0.15, -0.1) is 0 Å². The molecule has 1 aromatic carbocycles. The van der Waals surface area contributed by atoms with Crippen LogP contribution in [-0.4, -0.2) is 26.7 Å². The minimum Gasteiger partial charge on any atom is -0.335 e. The van der Waals surface area contributed by atoms with Crippen molar-refractivity contribution in [1.29, 1.82) is 0 Å². The van der Waals surface area contributed by atoms with Gasteiger partial charge in [0.15, 0.2) is 0 Å². The Balaban J connectivity index is 1.35. The molecule has 5 rings (SSSR count). The molecule has 0 heterocycles. The highest BCUT2D eigenvalue weighted by atomic mass is 32.2. The molecule has 0 aliphatic heterocycles. The summed E-state index contributed by atoms with van der Waals surface area (Å²) in [6.45, 7) is 2.16. The summed E-state index contributed by atoms with van der Waals surface area (Å²) in [7, 11) is -3.30. The predicted molar refractivity (Wildman–Crippen MR) is 107 cm³/mol. The molecule has 4 fully saturated rings. The predicted octanol–water partition coefficient (Wildman–Crippen LogP) is 3.78. The van der Waals surface area contributed by atoms with Crippen molar-refractivity contribution < 1.29 is 13.2 Å². The molecule has 1 unspecified atom stereocenters. The van der Waals surface area contributed by atoms with Crippen molar-refractivity contribution in [2.45, 2.75) is 51.5 Å². The third-order valence-corrected chi connectivity index (χ3v) is 7.40. The summed E-state index contributed by atoms with van der Waals surface area (Å²) in [4.78, 5) is 12.5. The molecule has 148 valence electrons. The first-order valence-corrected chi connectivity index (χ1v) is 11.8. The fourth-order valence-electron chi connectivity index (χ4n) is 6.06. The fraction of sp³-hybridized carbons (Fsp3) is 0.650. The second kappa shape index (κ2) is 6.69. The van der Waals surface area contributed by atoms with E-state index in [0.717, 1.165) is 24.0 Å². The van der Waals surface area contributed by atoms with Crippen LogP contribution in [0.15, 0.2) is 24.3 Å². The second-order valence-corrected chi connectivity index (χ2v) is 10.8. The van der Waals surface area contributed by atoms with Crippen LogP contribution in [-0.2, 0) is 10.0 Å². The lowest BCUT2D eigenvalue weighted by Gasteiger charge is -2.59. The van der Waals surface area contributed by atoms with Gasteiger partial charge < -0.3 is 10.6 Å². The molecule has 4 bridgehead atoms. The molecule has 1 atom stereocenters. The summed E-state index contributed by atoms with van der Waals surface area (Å²) in [5, 5.41) is 6.04. The first kappa shape index (κ1) is 18.6. The Labute approximate surface area is 161 Å². The van der Waals surface area contributed by atoms with Crippen molar-refractivity contribution in [2.75, 3.05) is 16.3 Å². The van der Waals surface area contributed by atoms with Crippen molar-refractivity contribution in [1.82, 2.24) is 5.32 Å². The summed E-state index contributed by atoms with van der Waals surface area (Å²) in [6.07, 6.45) is 9.06. The van der Waals surface area contributed by atoms with Gasteiger partial charge in [-0.2, -0.15) is 0 Å². The van der Waals surface area contributed by atoms with E-state index < -0.39 is 10.0 Å². The molecular weight excluding hydrogens is 362 g/mol. The van der Waals surface area contributed by atoms with Crippen LogP contribution in [0.25, 0.3) is 0 Å². The maximum atomic E-state index is 12.5. The largest absolute Gasteiger partial charge is 0.335 e. The third kappa shape index (κ3) is 4.08. The molecule has 4 saturated carbocycles. The maximum Gasteiger partial charge on any atom is 0.319 e. The molecule has 6 nitrogen and oxygen atoms in total. The van der Waals surface area contributed by atoms with Crippen LogP contribution in [0.4, 0.5) is 16.2 Å². The van der Waals surface area contributed by atoms with Crippen LogP contribution in [0, 0.1) is 23.2 Å². The van der Waals surface area contributed by atoms with Gasteiger partial charge in [-0.25, -0.2) is 13.2 Å². The van der Waals surface area contributed by atoms with Gasteiger partial charge in [0.1, 0.15) is 0 Å². The molecule has 0 aromatic heterocycles. The van der Waals surface area contributed by atoms with Gasteiger partial charge in [0, 0.05) is 17.4 Å². The maximum absolute atomic E-state index is 12.5. The normalized spacial score (nSPS) is 32.7. The van der Waals surface area contributed by atoms with Gasteiger partial charge in [0.05, 0.1) is 6.26 Å². The highest BCUT2D eigenvalue weighted by Gasteiger charge is 2.53. The number of carbonyl (C=O) groups is 1. The van der Waals surface area contributed by atoms with E-state index in [2.05, 4.69) is 22.3 Å². The minimum atomic E-state index is -3.30. The quantitative estimate of drug-likeness (QED) is 0.714. The number of sulfonamides is 1. The molecule has 4 aliphatic rings. The van der Waals surface area contributed by atoms with Crippen molar-refractivity contribution in [2.24, 2.45) is 23.2 Å². The Morgan fingerprint density at radius 3 is 1.96 bits per heavy atom. The third-order valence-electron chi connectivity index (χ3n) is 6.80. The zero-order valence-electron chi connectivity index (χ0n) is 16.0. The lowest BCUT2D eigenvalue weighted by molar-refractivity contribution is -0.0679. The van der Waals surface area contributed by atoms with Crippen LogP contribution < -0.4 is 15.4 Å². The molecule has 27 heavy (non-hydrogen) atoms. The number of hydrogen-bond donors (Lipinski definition) is 3. The van der Waals surface area contributed by atoms with E-state index in [1.807, 2.05) is 0 Å². The van der Waals surface area contributed by atoms with E-state index >= 15 is 0 Å². The summed E-state index contributed by atoms with van der Waals surface area (Å²) < 4.78 is 24.9. The number of benzene rings is 1. The number of carbonyl (C=O) groups excluding carboxylic acids is 1. The van der Waals surface area contributed by atoms with E-state index in [1.54, 1.807) is 24.3 Å². The van der Waals surface area contributed by atoms with Gasteiger partial charge >= 0.3 is 6.03 Å². The standard InChI is InChI=1S/C20H29N3O3S/c1-13(20-10-14-7-15(11-20)9-16(8-14)12-20)21-19(24)22-17-3-5-18(6-4-17)23-27(2,25)26/h3-6,13-16,23H,7-12H2,1-2H3,(H2,21,22,24). The van der Waals surface area contributed by atoms with E-state index in [4.69, 9.17) is 0 Å². The summed E-state index contributed by atoms with van der Waals surface area (Å²) in [6, 6.07) is 6.64. The van der Waals surface area contributed by atoms with Crippen LogP contribution in [0.5, 0.6) is 0 Å². The number of amides is 2. The van der Waals surface area contributed by atoms with Crippen molar-refractivity contribution >= 4 is 27.4 Å². The van der Waals surface area contributed by atoms with Crippen molar-refractivity contribution in [3.05, 3.63) is 24.3 Å². The number of hydrogen-bond acceptors (Lipinski definition) is 3. The molecule has 0 spiro atoms. The topological polar surface area (TPSA) is 87.3 Å². The number of rotatable bonds is 5. The van der Waals surface area contributed by atoms with Gasteiger partial charge in [0.2, 0.25) is 10.0 Å². The van der Waals surface area contributed by atoms with Crippen LogP contribution in [0.2, 0.25) is 0 Å². The minimum absolute atomic E-state index is 0.164. The molecular formula is C20H29N3O3S. The van der Waals surface area contributed by atoms with Gasteiger partial charge in [0.25, 0.3) is 0 Å². The Morgan fingerprint density at radius 2 is 1.48 bits per heavy atom. The second-order valence-electron chi connectivity index (χ2n) is 9.05. The molecule has 3 N–H and O–H groups in total. The Bertz CT molecular complexity index is 784. The number of nitrogens with one attached hydrogen (secondary N) is 3. The molecule has 1 aromatic rings. The van der Waals surface area contributed by atoms with Crippen LogP contribution in [0.3, 0.4) is 0 Å². The molecule has 0 saturated heterocycles. The zero-order valence-corrected chi connectivity index (χ0v) is 16.8. The monoisotopic (exact) mass is 391 g/mol. The zero-order chi connectivity index (χ0) is 19.2. The Morgan fingerprint density at radius 1 is 1.00 bits per heavy atom. The molecule has 2 amide bonds. The Kier molecular flexibility index (Phi) is 4.61. The summed E-state index contributed by atoms with van der Waals surface area (Å²) in [5.41, 5.74) is 1.39. The van der Waals surface area contributed by atoms with Gasteiger partial charge in [-0.05, 0) is 92.9 Å². The first-order valence-electron chi connectivity index (χ1n) is 9.86. The van der Waals surface area contributed by atoms with Crippen molar-refractivity contribution in [3.63, 3.8) is 0 Å². The highest BCUT2D eigenvalue weighted by Crippen LogP contribution is 2.61. The lowest BCUT2D eigenvalue weighted by Crippen LogP contribution is -2.56. The highest BCUT2D eigenvalue weighted by molar-refractivity contribution is 7.92. The SMILES string of the molecule is CC(NC(=O)Nc1ccc(NS(C)(=O)=O)cc1)C12CC3CC(CC(C3)C1)C2. The average molecular weight is 392 g/mol. The molecule has 0 radical (unpaired) electrons. The Hall–Kier alpha value is -1.76. The van der Waals surface area contributed by atoms with E-state index in [1.165, 1.54) is 38.5 Å². The number of urea groups is 1. The number of anilines is 2. The average Bonchev–Trinajstić information content (AvgIpc) is 2.54. The van der Waals surface area contributed by atoms with Crippen LogP contribution in [0.1, 0.15) is 45.4 Å². The first-order chi connectivity index (χ1) is 12.7. The summed E-state index contributed by atoms with van der Waals surface area (Å²) >= 11 is 0. The van der Waals surface area contributed by atoms with Gasteiger partial charge in [-0.1, -0.05) is 0 Å².